The summed E-state index contributed by atoms with van der Waals surface area (Å²) >= 11 is 0. The van der Waals surface area contributed by atoms with Gasteiger partial charge in [-0.2, -0.15) is 18.2 Å². The van der Waals surface area contributed by atoms with Crippen LogP contribution in [-0.2, 0) is 22.4 Å². The summed E-state index contributed by atoms with van der Waals surface area (Å²) in [6.45, 7) is 10.1. The molecule has 1 aromatic carbocycles. The molecular weight excluding hydrogens is 435 g/mol. The predicted molar refractivity (Wildman–Crippen MR) is 123 cm³/mol. The molecule has 0 radical (unpaired) electrons. The predicted octanol–water partition coefficient (Wildman–Crippen LogP) is 4.37. The second-order valence-electron chi connectivity index (χ2n) is 8.68. The fourth-order valence-corrected chi connectivity index (χ4v) is 3.15. The molecule has 2 rings (SSSR count). The molecule has 0 unspecified atom stereocenters. The molecule has 0 spiro atoms. The van der Waals surface area contributed by atoms with Gasteiger partial charge in [0, 0.05) is 37.0 Å². The van der Waals surface area contributed by atoms with Gasteiger partial charge >= 0.3 is 12.1 Å². The van der Waals surface area contributed by atoms with Crippen LogP contribution in [0.3, 0.4) is 0 Å². The van der Waals surface area contributed by atoms with Crippen molar-refractivity contribution in [3.63, 3.8) is 0 Å². The van der Waals surface area contributed by atoms with Gasteiger partial charge in [-0.05, 0) is 52.3 Å². The number of nitrogens with two attached hydrogens (primary N) is 1. The second-order valence-corrected chi connectivity index (χ2v) is 8.68. The Hall–Kier alpha value is -3.04. The Labute approximate surface area is 192 Å². The van der Waals surface area contributed by atoms with E-state index in [0.29, 0.717) is 18.8 Å². The Balaban J connectivity index is 2.46. The van der Waals surface area contributed by atoms with E-state index in [1.54, 1.807) is 45.0 Å². The van der Waals surface area contributed by atoms with Gasteiger partial charge in [0.1, 0.15) is 17.5 Å². The molecule has 0 bridgehead atoms. The smallest absolute Gasteiger partial charge is 0.393 e. The van der Waals surface area contributed by atoms with E-state index in [-0.39, 0.29) is 23.8 Å². The van der Waals surface area contributed by atoms with Gasteiger partial charge in [-0.25, -0.2) is 9.78 Å². The van der Waals surface area contributed by atoms with E-state index in [1.807, 2.05) is 18.7 Å². The first-order valence-electron chi connectivity index (χ1n) is 10.8. The minimum absolute atomic E-state index is 0.0458. The van der Waals surface area contributed by atoms with Crippen LogP contribution in [0.5, 0.6) is 0 Å². The number of nitrogens with zero attached hydrogens (tertiary/aromatic N) is 3. The van der Waals surface area contributed by atoms with Crippen LogP contribution in [0.15, 0.2) is 30.5 Å². The van der Waals surface area contributed by atoms with Crippen molar-refractivity contribution >= 4 is 23.4 Å². The number of benzene rings is 1. The average molecular weight is 468 g/mol. The van der Waals surface area contributed by atoms with Gasteiger partial charge in [0.2, 0.25) is 5.95 Å². The summed E-state index contributed by atoms with van der Waals surface area (Å²) in [5, 5.41) is 2.92. The van der Waals surface area contributed by atoms with E-state index >= 15 is 0 Å². The van der Waals surface area contributed by atoms with Gasteiger partial charge in [0.15, 0.2) is 0 Å². The summed E-state index contributed by atoms with van der Waals surface area (Å²) in [5.74, 6) is -0.361. The number of nitrogens with one attached hydrogen (secondary N) is 1. The van der Waals surface area contributed by atoms with Crippen molar-refractivity contribution in [1.29, 1.82) is 0 Å². The molecule has 0 amide bonds. The maximum absolute atomic E-state index is 13.2. The molecule has 2 aromatic rings. The summed E-state index contributed by atoms with van der Waals surface area (Å²) in [4.78, 5) is 23.3. The monoisotopic (exact) mass is 467 g/mol. The lowest BCUT2D eigenvalue weighted by molar-refractivity contribution is -0.155. The van der Waals surface area contributed by atoms with Gasteiger partial charge in [0.05, 0.1) is 6.42 Å². The number of alkyl halides is 3. The molecule has 0 saturated heterocycles. The summed E-state index contributed by atoms with van der Waals surface area (Å²) in [6, 6.07) is 5.93. The number of hydrogen-bond donors (Lipinski definition) is 2. The van der Waals surface area contributed by atoms with E-state index < -0.39 is 30.2 Å². The Kier molecular flexibility index (Phi) is 8.51. The Morgan fingerprint density at radius 1 is 1.15 bits per heavy atom. The van der Waals surface area contributed by atoms with E-state index in [9.17, 15) is 18.0 Å². The summed E-state index contributed by atoms with van der Waals surface area (Å²) in [6.07, 6.45) is -4.36. The van der Waals surface area contributed by atoms with E-state index in [2.05, 4.69) is 15.3 Å². The number of esters is 1. The van der Waals surface area contributed by atoms with Crippen molar-refractivity contribution in [3.8, 4) is 0 Å². The van der Waals surface area contributed by atoms with Crippen LogP contribution in [0.4, 0.5) is 30.6 Å². The van der Waals surface area contributed by atoms with Crippen LogP contribution < -0.4 is 16.0 Å². The third-order valence-corrected chi connectivity index (χ3v) is 4.71. The number of rotatable bonds is 9. The number of nitrogen functional groups attached to an aromatic ring is 1. The minimum atomic E-state index is -4.46. The first-order valence-corrected chi connectivity index (χ1v) is 10.8. The highest BCUT2D eigenvalue weighted by molar-refractivity contribution is 5.80. The van der Waals surface area contributed by atoms with Crippen LogP contribution in [0.1, 0.15) is 45.7 Å². The molecule has 7 nitrogen and oxygen atoms in total. The highest BCUT2D eigenvalue weighted by Crippen LogP contribution is 2.27. The summed E-state index contributed by atoms with van der Waals surface area (Å²) in [7, 11) is 0. The fraction of sp³-hybridized carbons (Fsp3) is 0.522. The number of carbonyl (C=O) groups excluding carboxylic acids is 1. The van der Waals surface area contributed by atoms with Crippen LogP contribution >= 0.6 is 0 Å². The van der Waals surface area contributed by atoms with Gasteiger partial charge < -0.3 is 20.7 Å². The Morgan fingerprint density at radius 3 is 2.27 bits per heavy atom. The molecule has 0 aliphatic rings. The molecule has 182 valence electrons. The van der Waals surface area contributed by atoms with Crippen molar-refractivity contribution in [2.75, 3.05) is 29.0 Å². The number of anilines is 3. The number of halogens is 3. The van der Waals surface area contributed by atoms with Crippen LogP contribution in [0, 0.1) is 0 Å². The van der Waals surface area contributed by atoms with E-state index in [4.69, 9.17) is 10.5 Å². The molecule has 0 aliphatic carbocycles. The molecule has 0 fully saturated rings. The first-order chi connectivity index (χ1) is 15.3. The zero-order valence-electron chi connectivity index (χ0n) is 19.7. The van der Waals surface area contributed by atoms with Gasteiger partial charge in [-0.15, -0.1) is 0 Å². The quantitative estimate of drug-likeness (QED) is 0.418. The number of carbonyl (C=O) groups is 1. The van der Waals surface area contributed by atoms with Crippen LogP contribution in [0.2, 0.25) is 0 Å². The minimum Gasteiger partial charge on any atom is -0.458 e. The van der Waals surface area contributed by atoms with Crippen molar-refractivity contribution in [3.05, 3.63) is 41.6 Å². The topological polar surface area (TPSA) is 93.4 Å². The van der Waals surface area contributed by atoms with Crippen molar-refractivity contribution in [2.24, 2.45) is 0 Å². The van der Waals surface area contributed by atoms with Gasteiger partial charge in [-0.3, -0.25) is 0 Å². The number of ether oxygens (including phenoxy) is 1. The largest absolute Gasteiger partial charge is 0.458 e. The Bertz CT molecular complexity index is 923. The molecule has 1 heterocycles. The molecular formula is C23H32F3N5O2. The highest BCUT2D eigenvalue weighted by Gasteiger charge is 2.32. The molecule has 33 heavy (non-hydrogen) atoms. The molecule has 0 saturated carbocycles. The van der Waals surface area contributed by atoms with Crippen molar-refractivity contribution < 1.29 is 22.7 Å². The normalized spacial score (nSPS) is 12.8. The second kappa shape index (κ2) is 10.7. The molecule has 1 atom stereocenters. The Morgan fingerprint density at radius 2 is 1.76 bits per heavy atom. The zero-order chi connectivity index (χ0) is 24.8. The molecule has 1 aromatic heterocycles. The maximum Gasteiger partial charge on any atom is 0.393 e. The lowest BCUT2D eigenvalue weighted by Crippen LogP contribution is -2.39. The van der Waals surface area contributed by atoms with Crippen LogP contribution in [0.25, 0.3) is 0 Å². The number of hydrogen-bond acceptors (Lipinski definition) is 7. The van der Waals surface area contributed by atoms with E-state index in [0.717, 1.165) is 11.8 Å². The molecule has 3 N–H and O–H groups in total. The summed E-state index contributed by atoms with van der Waals surface area (Å²) < 4.78 is 45.2. The lowest BCUT2D eigenvalue weighted by Gasteiger charge is -2.26. The fourth-order valence-electron chi connectivity index (χ4n) is 3.15. The maximum atomic E-state index is 13.2. The third-order valence-electron chi connectivity index (χ3n) is 4.71. The molecule has 10 heteroatoms. The van der Waals surface area contributed by atoms with Crippen molar-refractivity contribution in [2.45, 2.75) is 65.3 Å². The summed E-state index contributed by atoms with van der Waals surface area (Å²) in [5.41, 5.74) is 6.15. The van der Waals surface area contributed by atoms with Gasteiger partial charge in [-0.1, -0.05) is 12.1 Å². The average Bonchev–Trinajstić information content (AvgIpc) is 2.69. The number of aromatic nitrogens is 2. The van der Waals surface area contributed by atoms with Gasteiger partial charge in [0.25, 0.3) is 0 Å². The highest BCUT2D eigenvalue weighted by atomic mass is 19.4. The lowest BCUT2D eigenvalue weighted by atomic mass is 10.0. The van der Waals surface area contributed by atoms with E-state index in [1.165, 1.54) is 0 Å². The standard InChI is InChI=1S/C23H32F3N5O2/c1-6-31(7-2)21-28-14-16(13-23(24,25)26)19(30-21)29-18(20(32)33-22(3,4)5)12-15-8-10-17(27)11-9-15/h8-11,14,18H,6-7,12-13,27H2,1-5H3,(H,28,29,30)/t18-/m0/s1. The first kappa shape index (κ1) is 26.2. The van der Waals surface area contributed by atoms with Crippen LogP contribution in [-0.4, -0.2) is 46.8 Å². The third kappa shape index (κ3) is 8.43. The molecule has 0 aliphatic heterocycles. The zero-order valence-corrected chi connectivity index (χ0v) is 19.7. The SMILES string of the molecule is CCN(CC)c1ncc(CC(F)(F)F)c(N[C@@H](Cc2ccc(N)cc2)C(=O)OC(C)(C)C)n1. The van der Waals surface area contributed by atoms with Crippen molar-refractivity contribution in [1.82, 2.24) is 9.97 Å².